The summed E-state index contributed by atoms with van der Waals surface area (Å²) in [5.41, 5.74) is 2.30. The molecule has 1 fully saturated rings. The van der Waals surface area contributed by atoms with Crippen molar-refractivity contribution >= 4 is 5.91 Å². The molecule has 23 heavy (non-hydrogen) atoms. The molecule has 3 rings (SSSR count). The number of carbonyl (C=O) groups excluding carboxylic acids is 1. The molecule has 1 saturated heterocycles. The van der Waals surface area contributed by atoms with E-state index in [9.17, 15) is 9.90 Å². The number of amides is 1. The Labute approximate surface area is 136 Å². The maximum absolute atomic E-state index is 12.9. The van der Waals surface area contributed by atoms with Gasteiger partial charge < -0.3 is 10.0 Å². The molecule has 2 aromatic rings. The average Bonchev–Trinajstić information content (AvgIpc) is 2.97. The van der Waals surface area contributed by atoms with Gasteiger partial charge in [-0.25, -0.2) is 4.68 Å². The Hall–Kier alpha value is -2.14. The predicted octanol–water partition coefficient (Wildman–Crippen LogP) is 2.56. The molecule has 0 unspecified atom stereocenters. The lowest BCUT2D eigenvalue weighted by Crippen LogP contribution is -2.49. The summed E-state index contributed by atoms with van der Waals surface area (Å²) in [4.78, 5) is 14.6. The van der Waals surface area contributed by atoms with Crippen LogP contribution in [0, 0.1) is 6.92 Å². The number of hydrogen-bond donors (Lipinski definition) is 1. The molecule has 1 aromatic heterocycles. The lowest BCUT2D eigenvalue weighted by molar-refractivity contribution is 0.0276. The van der Waals surface area contributed by atoms with Crippen LogP contribution in [0.5, 0.6) is 0 Å². The van der Waals surface area contributed by atoms with Gasteiger partial charge in [0, 0.05) is 12.2 Å². The number of nitrogens with zero attached hydrogens (tertiary/aromatic N) is 3. The fourth-order valence-corrected chi connectivity index (χ4v) is 3.27. The number of hydrogen-bond acceptors (Lipinski definition) is 3. The fourth-order valence-electron chi connectivity index (χ4n) is 3.27. The molecule has 1 N–H and O–H groups in total. The van der Waals surface area contributed by atoms with Crippen molar-refractivity contribution in [2.75, 3.05) is 6.54 Å². The highest BCUT2D eigenvalue weighted by atomic mass is 16.3. The number of aliphatic hydroxyl groups excluding tert-OH is 1. The number of aliphatic hydroxyl groups is 1. The van der Waals surface area contributed by atoms with E-state index in [1.54, 1.807) is 16.5 Å². The van der Waals surface area contributed by atoms with E-state index in [0.29, 0.717) is 12.2 Å². The average molecular weight is 313 g/mol. The summed E-state index contributed by atoms with van der Waals surface area (Å²) >= 11 is 0. The van der Waals surface area contributed by atoms with Crippen LogP contribution in [-0.2, 0) is 0 Å². The number of likely N-dealkylation sites (tertiary alicyclic amines) is 1. The van der Waals surface area contributed by atoms with Gasteiger partial charge in [-0.05, 0) is 51.3 Å². The molecule has 1 aliphatic heterocycles. The van der Waals surface area contributed by atoms with Crippen molar-refractivity contribution in [1.29, 1.82) is 0 Å². The van der Waals surface area contributed by atoms with Crippen LogP contribution in [0.3, 0.4) is 0 Å². The van der Waals surface area contributed by atoms with Crippen molar-refractivity contribution in [3.05, 3.63) is 47.8 Å². The Morgan fingerprint density at radius 3 is 2.74 bits per heavy atom. The number of para-hydroxylation sites is 1. The minimum atomic E-state index is -0.517. The van der Waals surface area contributed by atoms with Crippen LogP contribution in [0.25, 0.3) is 5.69 Å². The summed E-state index contributed by atoms with van der Waals surface area (Å²) in [6, 6.07) is 11.5. The molecule has 5 nitrogen and oxygen atoms in total. The SMILES string of the molecule is Cc1cc(C(=O)N2CCCC[C@H]2[C@H](C)O)nn1-c1ccccc1. The Morgan fingerprint density at radius 2 is 2.04 bits per heavy atom. The molecule has 2 heterocycles. The van der Waals surface area contributed by atoms with E-state index in [1.807, 2.05) is 43.3 Å². The van der Waals surface area contributed by atoms with Gasteiger partial charge in [0.05, 0.1) is 17.8 Å². The zero-order valence-corrected chi connectivity index (χ0v) is 13.6. The van der Waals surface area contributed by atoms with E-state index in [2.05, 4.69) is 5.10 Å². The molecule has 5 heteroatoms. The van der Waals surface area contributed by atoms with Crippen LogP contribution < -0.4 is 0 Å². The smallest absolute Gasteiger partial charge is 0.274 e. The Morgan fingerprint density at radius 1 is 1.30 bits per heavy atom. The highest BCUT2D eigenvalue weighted by molar-refractivity contribution is 5.92. The van der Waals surface area contributed by atoms with E-state index in [4.69, 9.17) is 0 Å². The summed E-state index contributed by atoms with van der Waals surface area (Å²) in [6.45, 7) is 4.38. The van der Waals surface area contributed by atoms with Crippen molar-refractivity contribution in [2.24, 2.45) is 0 Å². The van der Waals surface area contributed by atoms with Gasteiger partial charge in [0.1, 0.15) is 0 Å². The van der Waals surface area contributed by atoms with Crippen LogP contribution >= 0.6 is 0 Å². The molecular formula is C18H23N3O2. The maximum atomic E-state index is 12.9. The second-order valence-electron chi connectivity index (χ2n) is 6.22. The third-order valence-electron chi connectivity index (χ3n) is 4.47. The highest BCUT2D eigenvalue weighted by Crippen LogP contribution is 2.22. The Kier molecular flexibility index (Phi) is 4.48. The Balaban J connectivity index is 1.88. The molecule has 1 amide bonds. The van der Waals surface area contributed by atoms with Crippen LogP contribution in [0.1, 0.15) is 42.4 Å². The minimum absolute atomic E-state index is 0.0895. The largest absolute Gasteiger partial charge is 0.391 e. The first-order valence-electron chi connectivity index (χ1n) is 8.19. The van der Waals surface area contributed by atoms with Crippen LogP contribution in [0.4, 0.5) is 0 Å². The number of piperidine rings is 1. The third kappa shape index (κ3) is 3.15. The summed E-state index contributed by atoms with van der Waals surface area (Å²) in [5, 5.41) is 14.5. The molecule has 1 aliphatic rings. The van der Waals surface area contributed by atoms with Crippen molar-refractivity contribution in [3.63, 3.8) is 0 Å². The van der Waals surface area contributed by atoms with Crippen molar-refractivity contribution in [3.8, 4) is 5.69 Å². The summed E-state index contributed by atoms with van der Waals surface area (Å²) in [7, 11) is 0. The first-order chi connectivity index (χ1) is 11.1. The van der Waals surface area contributed by atoms with E-state index in [0.717, 1.165) is 30.6 Å². The molecule has 1 aromatic carbocycles. The molecule has 0 radical (unpaired) electrons. The van der Waals surface area contributed by atoms with Gasteiger partial charge >= 0.3 is 0 Å². The lowest BCUT2D eigenvalue weighted by atomic mass is 9.98. The van der Waals surface area contributed by atoms with Gasteiger partial charge in [-0.1, -0.05) is 18.2 Å². The van der Waals surface area contributed by atoms with Crippen LogP contribution in [0.15, 0.2) is 36.4 Å². The number of aryl methyl sites for hydroxylation is 1. The highest BCUT2D eigenvalue weighted by Gasteiger charge is 2.31. The molecule has 0 aliphatic carbocycles. The normalized spacial score (nSPS) is 19.6. The molecule has 0 saturated carbocycles. The second kappa shape index (κ2) is 6.54. The molecule has 122 valence electrons. The standard InChI is InChI=1S/C18H23N3O2/c1-13-12-16(19-21(13)15-8-4-3-5-9-15)18(23)20-11-7-6-10-17(20)14(2)22/h3-5,8-9,12,14,17,22H,6-7,10-11H2,1-2H3/t14-,17-/m0/s1. The van der Waals surface area contributed by atoms with E-state index >= 15 is 0 Å². The van der Waals surface area contributed by atoms with Crippen molar-refractivity contribution < 1.29 is 9.90 Å². The van der Waals surface area contributed by atoms with Crippen LogP contribution in [0.2, 0.25) is 0 Å². The van der Waals surface area contributed by atoms with Gasteiger partial charge in [-0.3, -0.25) is 4.79 Å². The van der Waals surface area contributed by atoms with Crippen molar-refractivity contribution in [2.45, 2.75) is 45.3 Å². The first-order valence-corrected chi connectivity index (χ1v) is 8.19. The summed E-state index contributed by atoms with van der Waals surface area (Å²) in [6.07, 6.45) is 2.36. The zero-order chi connectivity index (χ0) is 16.4. The number of carbonyl (C=O) groups is 1. The molecule has 0 spiro atoms. The molecule has 0 bridgehead atoms. The number of benzene rings is 1. The Bertz CT molecular complexity index is 679. The summed E-state index contributed by atoms with van der Waals surface area (Å²) in [5.74, 6) is -0.0895. The predicted molar refractivity (Wildman–Crippen MR) is 88.7 cm³/mol. The van der Waals surface area contributed by atoms with Gasteiger partial charge in [-0.2, -0.15) is 5.10 Å². The van der Waals surface area contributed by atoms with Gasteiger partial charge in [0.2, 0.25) is 0 Å². The van der Waals surface area contributed by atoms with E-state index in [-0.39, 0.29) is 11.9 Å². The van der Waals surface area contributed by atoms with Crippen LogP contribution in [-0.4, -0.2) is 44.4 Å². The third-order valence-corrected chi connectivity index (χ3v) is 4.47. The van der Waals surface area contributed by atoms with Gasteiger partial charge in [0.15, 0.2) is 5.69 Å². The monoisotopic (exact) mass is 313 g/mol. The maximum Gasteiger partial charge on any atom is 0.274 e. The van der Waals surface area contributed by atoms with E-state index < -0.39 is 6.10 Å². The fraction of sp³-hybridized carbons (Fsp3) is 0.444. The first kappa shape index (κ1) is 15.7. The topological polar surface area (TPSA) is 58.4 Å². The number of aromatic nitrogens is 2. The van der Waals surface area contributed by atoms with Gasteiger partial charge in [-0.15, -0.1) is 0 Å². The van der Waals surface area contributed by atoms with Gasteiger partial charge in [0.25, 0.3) is 5.91 Å². The van der Waals surface area contributed by atoms with Crippen molar-refractivity contribution in [1.82, 2.24) is 14.7 Å². The quantitative estimate of drug-likeness (QED) is 0.947. The molecule has 2 atom stereocenters. The second-order valence-corrected chi connectivity index (χ2v) is 6.22. The van der Waals surface area contributed by atoms with E-state index in [1.165, 1.54) is 0 Å². The summed E-state index contributed by atoms with van der Waals surface area (Å²) < 4.78 is 1.79. The zero-order valence-electron chi connectivity index (χ0n) is 13.6. The number of rotatable bonds is 3. The molecular weight excluding hydrogens is 290 g/mol. The minimum Gasteiger partial charge on any atom is -0.391 e. The lowest BCUT2D eigenvalue weighted by Gasteiger charge is -2.37.